The Kier molecular flexibility index (Phi) is 14.1. The molecule has 0 amide bonds. The van der Waals surface area contributed by atoms with Gasteiger partial charge in [-0.25, -0.2) is 0 Å². The molecule has 1 aliphatic heterocycles. The molecule has 5 rings (SSSR count). The highest BCUT2D eigenvalue weighted by atomic mass is 35.5. The van der Waals surface area contributed by atoms with E-state index in [-0.39, 0.29) is 31.8 Å². The summed E-state index contributed by atoms with van der Waals surface area (Å²) in [5.74, 6) is 1.02. The van der Waals surface area contributed by atoms with Gasteiger partial charge in [-0.1, -0.05) is 55.8 Å². The Balaban J connectivity index is 1.31. The van der Waals surface area contributed by atoms with Crippen molar-refractivity contribution in [2.45, 2.75) is 78.9 Å². The molecule has 11 heteroatoms. The summed E-state index contributed by atoms with van der Waals surface area (Å²) in [6.07, 6.45) is 5.10. The van der Waals surface area contributed by atoms with Crippen LogP contribution in [0.4, 0.5) is 0 Å². The van der Waals surface area contributed by atoms with Crippen LogP contribution in [-0.2, 0) is 24.6 Å². The Morgan fingerprint density at radius 1 is 1.00 bits per heavy atom. The van der Waals surface area contributed by atoms with E-state index in [1.165, 1.54) is 6.20 Å². The lowest BCUT2D eigenvalue weighted by Crippen LogP contribution is -2.37. The number of aliphatic hydroxyl groups excluding tert-OH is 1. The van der Waals surface area contributed by atoms with Gasteiger partial charge in [0.15, 0.2) is 0 Å². The van der Waals surface area contributed by atoms with Gasteiger partial charge in [-0.05, 0) is 85.0 Å². The molecule has 3 aromatic carbocycles. The molecule has 1 aromatic heterocycles. The third-order valence-corrected chi connectivity index (χ3v) is 9.80. The zero-order valence-electron chi connectivity index (χ0n) is 30.9. The van der Waals surface area contributed by atoms with Gasteiger partial charge in [-0.2, -0.15) is 5.26 Å². The van der Waals surface area contributed by atoms with Gasteiger partial charge in [-0.3, -0.25) is 9.78 Å². The van der Waals surface area contributed by atoms with Gasteiger partial charge in [0.1, 0.15) is 42.6 Å². The van der Waals surface area contributed by atoms with Crippen LogP contribution in [0.1, 0.15) is 66.5 Å². The van der Waals surface area contributed by atoms with Gasteiger partial charge in [-0.15, -0.1) is 0 Å². The fourth-order valence-corrected chi connectivity index (χ4v) is 6.80. The summed E-state index contributed by atoms with van der Waals surface area (Å²) >= 11 is 6.79. The molecular weight excluding hydrogens is 692 g/mol. The summed E-state index contributed by atoms with van der Waals surface area (Å²) in [6.45, 7) is 11.9. The first-order valence-corrected chi connectivity index (χ1v) is 18.5. The number of aliphatic hydroxyl groups is 1. The minimum Gasteiger partial charge on any atom is -0.493 e. The van der Waals surface area contributed by atoms with Crippen LogP contribution in [-0.4, -0.2) is 64.5 Å². The fraction of sp³-hybridized carbons (Fsp3) is 0.405. The number of benzene rings is 3. The van der Waals surface area contributed by atoms with Crippen LogP contribution in [0.25, 0.3) is 11.1 Å². The standard InChI is InChI=1S/C42H49ClN4O6/c1-27(2)16-38(42(49)50)46-23-33-18-37(43)41(19-40(33)52-25-31-17-30(20-44)21-45-22-31)53-26-32-8-5-9-35(28(32)3)36-10-6-11-39(29(36)4)51-15-7-13-47-14-12-34(48)24-47/h5-6,8-11,17-19,21-22,27,34,38,46,48H,7,12-16,23-26H2,1-4H3,(H,49,50)/t34-,38+/m1/s1. The highest BCUT2D eigenvalue weighted by molar-refractivity contribution is 6.32. The topological polar surface area (TPSA) is 137 Å². The van der Waals surface area contributed by atoms with Crippen LogP contribution in [0.15, 0.2) is 67.0 Å². The second-order valence-electron chi connectivity index (χ2n) is 14.0. The molecule has 0 radical (unpaired) electrons. The predicted molar refractivity (Wildman–Crippen MR) is 205 cm³/mol. The van der Waals surface area contributed by atoms with E-state index in [1.807, 2.05) is 38.1 Å². The van der Waals surface area contributed by atoms with E-state index in [1.54, 1.807) is 24.4 Å². The molecule has 4 aromatic rings. The molecular formula is C42H49ClN4O6. The van der Waals surface area contributed by atoms with Crippen LogP contribution in [0.3, 0.4) is 0 Å². The van der Waals surface area contributed by atoms with E-state index in [4.69, 9.17) is 25.8 Å². The average Bonchev–Trinajstić information content (AvgIpc) is 3.56. The molecule has 2 heterocycles. The van der Waals surface area contributed by atoms with Gasteiger partial charge in [0.2, 0.25) is 0 Å². The summed E-state index contributed by atoms with van der Waals surface area (Å²) in [4.78, 5) is 18.4. The van der Waals surface area contributed by atoms with E-state index in [0.717, 1.165) is 66.0 Å². The van der Waals surface area contributed by atoms with Crippen molar-refractivity contribution in [3.63, 3.8) is 0 Å². The number of likely N-dealkylation sites (tertiary alicyclic amines) is 1. The van der Waals surface area contributed by atoms with Gasteiger partial charge in [0.05, 0.1) is 23.3 Å². The van der Waals surface area contributed by atoms with Crippen molar-refractivity contribution in [3.05, 3.63) is 105 Å². The third-order valence-electron chi connectivity index (χ3n) is 9.50. The van der Waals surface area contributed by atoms with Crippen molar-refractivity contribution in [2.24, 2.45) is 5.92 Å². The number of carbonyl (C=O) groups is 1. The molecule has 0 bridgehead atoms. The van der Waals surface area contributed by atoms with Crippen LogP contribution < -0.4 is 19.5 Å². The lowest BCUT2D eigenvalue weighted by molar-refractivity contribution is -0.140. The lowest BCUT2D eigenvalue weighted by Gasteiger charge is -2.20. The van der Waals surface area contributed by atoms with E-state index in [0.29, 0.717) is 46.2 Å². The zero-order chi connectivity index (χ0) is 37.9. The maximum Gasteiger partial charge on any atom is 0.320 e. The Morgan fingerprint density at radius 2 is 1.75 bits per heavy atom. The van der Waals surface area contributed by atoms with Crippen molar-refractivity contribution >= 4 is 17.6 Å². The van der Waals surface area contributed by atoms with E-state index < -0.39 is 12.0 Å². The predicted octanol–water partition coefficient (Wildman–Crippen LogP) is 7.47. The number of ether oxygens (including phenoxy) is 3. The molecule has 1 aliphatic rings. The summed E-state index contributed by atoms with van der Waals surface area (Å²) in [5.41, 5.74) is 7.10. The molecule has 10 nitrogen and oxygen atoms in total. The van der Waals surface area contributed by atoms with Gasteiger partial charge in [0, 0.05) is 55.8 Å². The summed E-state index contributed by atoms with van der Waals surface area (Å²) in [6, 6.07) is 18.8. The molecule has 53 heavy (non-hydrogen) atoms. The normalized spacial score (nSPS) is 14.9. The van der Waals surface area contributed by atoms with Gasteiger partial charge in [0.25, 0.3) is 0 Å². The molecule has 0 saturated carbocycles. The minimum atomic E-state index is -0.922. The second kappa shape index (κ2) is 18.9. The average molecular weight is 741 g/mol. The summed E-state index contributed by atoms with van der Waals surface area (Å²) in [7, 11) is 0. The highest BCUT2D eigenvalue weighted by Crippen LogP contribution is 2.36. The number of hydrogen-bond donors (Lipinski definition) is 3. The maximum atomic E-state index is 11.9. The Labute approximate surface area is 317 Å². The number of β-amino-alcohol motifs (C(OH)–C–C–N with tert-alkyl or cyclic N) is 1. The molecule has 2 atom stereocenters. The SMILES string of the molecule is Cc1c(COc2cc(OCc3cncc(C#N)c3)c(CN[C@@H](CC(C)C)C(=O)O)cc2Cl)cccc1-c1cccc(OCCCN2CC[C@@H](O)C2)c1C. The Hall–Kier alpha value is -4.66. The third kappa shape index (κ3) is 10.9. The van der Waals surface area contributed by atoms with Crippen LogP contribution in [0.2, 0.25) is 5.02 Å². The number of aromatic nitrogens is 1. The molecule has 1 saturated heterocycles. The minimum absolute atomic E-state index is 0.136. The first kappa shape index (κ1) is 39.5. The largest absolute Gasteiger partial charge is 0.493 e. The number of aliphatic carboxylic acids is 1. The number of carboxylic acid groups (broad SMARTS) is 1. The molecule has 1 fully saturated rings. The number of pyridine rings is 1. The number of nitrogens with zero attached hydrogens (tertiary/aromatic N) is 3. The molecule has 0 aliphatic carbocycles. The number of carboxylic acids is 1. The van der Waals surface area contributed by atoms with Gasteiger partial charge >= 0.3 is 5.97 Å². The molecule has 0 unspecified atom stereocenters. The maximum absolute atomic E-state index is 11.9. The van der Waals surface area contributed by atoms with Crippen LogP contribution in [0.5, 0.6) is 17.2 Å². The van der Waals surface area contributed by atoms with Crippen molar-refractivity contribution in [3.8, 4) is 34.4 Å². The fourth-order valence-electron chi connectivity index (χ4n) is 6.56. The molecule has 280 valence electrons. The molecule has 0 spiro atoms. The van der Waals surface area contributed by atoms with Crippen molar-refractivity contribution in [2.75, 3.05) is 26.2 Å². The van der Waals surface area contributed by atoms with Crippen molar-refractivity contribution in [1.29, 1.82) is 5.26 Å². The number of rotatable bonds is 18. The number of hydrogen-bond acceptors (Lipinski definition) is 9. The smallest absolute Gasteiger partial charge is 0.320 e. The first-order chi connectivity index (χ1) is 25.5. The van der Waals surface area contributed by atoms with Gasteiger partial charge < -0.3 is 34.6 Å². The summed E-state index contributed by atoms with van der Waals surface area (Å²) < 4.78 is 18.8. The summed E-state index contributed by atoms with van der Waals surface area (Å²) in [5, 5.41) is 32.4. The Bertz CT molecular complexity index is 1910. The van der Waals surface area contributed by atoms with Crippen LogP contribution in [0, 0.1) is 31.1 Å². The number of halogens is 1. The van der Waals surface area contributed by atoms with E-state index in [9.17, 15) is 20.3 Å². The Morgan fingerprint density at radius 3 is 2.47 bits per heavy atom. The monoisotopic (exact) mass is 740 g/mol. The zero-order valence-corrected chi connectivity index (χ0v) is 31.7. The quantitative estimate of drug-likeness (QED) is 0.0881. The highest BCUT2D eigenvalue weighted by Gasteiger charge is 2.21. The van der Waals surface area contributed by atoms with Crippen molar-refractivity contribution < 1.29 is 29.2 Å². The van der Waals surface area contributed by atoms with Crippen LogP contribution >= 0.6 is 11.6 Å². The number of nitrogens with one attached hydrogen (secondary N) is 1. The molecule has 3 N–H and O–H groups in total. The second-order valence-corrected chi connectivity index (χ2v) is 14.4. The van der Waals surface area contributed by atoms with E-state index in [2.05, 4.69) is 47.3 Å². The van der Waals surface area contributed by atoms with E-state index >= 15 is 0 Å². The first-order valence-electron chi connectivity index (χ1n) is 18.1. The lowest BCUT2D eigenvalue weighted by atomic mass is 9.93. The number of nitriles is 1. The van der Waals surface area contributed by atoms with Crippen molar-refractivity contribution in [1.82, 2.24) is 15.2 Å².